The summed E-state index contributed by atoms with van der Waals surface area (Å²) in [4.78, 5) is 32.8. The fraction of sp³-hybridized carbons (Fsp3) is 0.190. The number of rotatable bonds is 9. The number of nitrogens with two attached hydrogens (primary N) is 1. The van der Waals surface area contributed by atoms with E-state index in [2.05, 4.69) is 25.3 Å². The Morgan fingerprint density at radius 2 is 2.18 bits per heavy atom. The van der Waals surface area contributed by atoms with Crippen LogP contribution in [0, 0.1) is 0 Å². The number of aromatic nitrogens is 6. The molecule has 4 heterocycles. The zero-order chi connectivity index (χ0) is 23.5. The van der Waals surface area contributed by atoms with E-state index < -0.39 is 5.91 Å². The number of furan rings is 1. The van der Waals surface area contributed by atoms with Gasteiger partial charge in [0.05, 0.1) is 23.6 Å². The SMILES string of the molecule is Nc1ncnc2c1nc(Sc1cc3nc[nH]c3cc1-c1ccco1)n2CCNCCC(=O)NO. The smallest absolute Gasteiger partial charge is 0.244 e. The van der Waals surface area contributed by atoms with Gasteiger partial charge in [-0.05, 0) is 24.3 Å². The molecule has 5 rings (SSSR count). The van der Waals surface area contributed by atoms with Crippen molar-refractivity contribution in [3.8, 4) is 11.3 Å². The molecule has 0 saturated carbocycles. The lowest BCUT2D eigenvalue weighted by Gasteiger charge is -2.11. The van der Waals surface area contributed by atoms with E-state index in [1.807, 2.05) is 28.8 Å². The molecule has 0 aliphatic carbocycles. The number of carbonyl (C=O) groups is 1. The standard InChI is InChI=1S/C21H21N9O3S/c22-19-18-20(27-11-26-19)30(6-5-23-4-3-17(31)29-32)21(28-18)34-16-9-14-13(24-10-25-14)8-12(16)15-2-1-7-33-15/h1-2,7-11,23,32H,3-6H2,(H,24,25)(H,29,31)(H2,22,26,27). The largest absolute Gasteiger partial charge is 0.464 e. The Balaban J connectivity index is 1.48. The Labute approximate surface area is 197 Å². The molecule has 0 fully saturated rings. The second-order valence-electron chi connectivity index (χ2n) is 7.36. The quantitative estimate of drug-likeness (QED) is 0.120. The van der Waals surface area contributed by atoms with Crippen molar-refractivity contribution in [3.05, 3.63) is 43.2 Å². The van der Waals surface area contributed by atoms with Gasteiger partial charge < -0.3 is 25.0 Å². The Hall–Kier alpha value is -3.94. The number of anilines is 1. The van der Waals surface area contributed by atoms with Gasteiger partial charge >= 0.3 is 0 Å². The van der Waals surface area contributed by atoms with Crippen LogP contribution < -0.4 is 16.5 Å². The van der Waals surface area contributed by atoms with Crippen molar-refractivity contribution in [3.63, 3.8) is 0 Å². The lowest BCUT2D eigenvalue weighted by Crippen LogP contribution is -2.27. The van der Waals surface area contributed by atoms with Crippen LogP contribution in [0.4, 0.5) is 5.82 Å². The second kappa shape index (κ2) is 9.51. The predicted octanol–water partition coefficient (Wildman–Crippen LogP) is 2.18. The van der Waals surface area contributed by atoms with E-state index in [1.54, 1.807) is 18.1 Å². The Morgan fingerprint density at radius 3 is 3.00 bits per heavy atom. The molecule has 0 radical (unpaired) electrons. The van der Waals surface area contributed by atoms with Gasteiger partial charge in [-0.15, -0.1) is 0 Å². The number of aromatic amines is 1. The van der Waals surface area contributed by atoms with E-state index in [-0.39, 0.29) is 6.42 Å². The summed E-state index contributed by atoms with van der Waals surface area (Å²) in [7, 11) is 0. The minimum atomic E-state index is -0.448. The first-order valence-electron chi connectivity index (χ1n) is 10.4. The van der Waals surface area contributed by atoms with Gasteiger partial charge in [0, 0.05) is 36.5 Å². The molecular formula is C21H21N9O3S. The van der Waals surface area contributed by atoms with Crippen LogP contribution in [0.15, 0.2) is 57.7 Å². The van der Waals surface area contributed by atoms with Crippen molar-refractivity contribution in [1.29, 1.82) is 0 Å². The van der Waals surface area contributed by atoms with Crippen molar-refractivity contribution in [2.24, 2.45) is 0 Å². The summed E-state index contributed by atoms with van der Waals surface area (Å²) < 4.78 is 7.63. The lowest BCUT2D eigenvalue weighted by atomic mass is 10.1. The molecule has 0 aliphatic rings. The first-order chi connectivity index (χ1) is 16.6. The molecule has 1 aromatic carbocycles. The number of benzene rings is 1. The fourth-order valence-corrected chi connectivity index (χ4v) is 4.62. The highest BCUT2D eigenvalue weighted by molar-refractivity contribution is 7.99. The average Bonchev–Trinajstić information content (AvgIpc) is 3.59. The number of imidazole rings is 2. The van der Waals surface area contributed by atoms with Crippen LogP contribution in [0.25, 0.3) is 33.5 Å². The number of nitrogens with zero attached hydrogens (tertiary/aromatic N) is 5. The topological polar surface area (TPSA) is 173 Å². The van der Waals surface area contributed by atoms with Gasteiger partial charge in [-0.3, -0.25) is 10.0 Å². The van der Waals surface area contributed by atoms with Crippen LogP contribution >= 0.6 is 11.8 Å². The molecule has 4 aromatic heterocycles. The maximum atomic E-state index is 11.2. The van der Waals surface area contributed by atoms with Gasteiger partial charge in [0.25, 0.3) is 0 Å². The molecule has 34 heavy (non-hydrogen) atoms. The number of fused-ring (bicyclic) bond motifs is 2. The molecule has 0 unspecified atom stereocenters. The van der Waals surface area contributed by atoms with E-state index in [9.17, 15) is 4.79 Å². The maximum Gasteiger partial charge on any atom is 0.244 e. The Bertz CT molecular complexity index is 1450. The van der Waals surface area contributed by atoms with Crippen molar-refractivity contribution in [1.82, 2.24) is 40.3 Å². The average molecular weight is 480 g/mol. The number of H-pyrrole nitrogens is 1. The molecule has 0 saturated heterocycles. The van der Waals surface area contributed by atoms with E-state index in [1.165, 1.54) is 18.1 Å². The molecule has 174 valence electrons. The Kier molecular flexibility index (Phi) is 6.12. The number of nitrogens with one attached hydrogen (secondary N) is 3. The predicted molar refractivity (Wildman–Crippen MR) is 125 cm³/mol. The molecule has 0 bridgehead atoms. The van der Waals surface area contributed by atoms with Crippen molar-refractivity contribution in [2.75, 3.05) is 18.8 Å². The van der Waals surface area contributed by atoms with Crippen molar-refractivity contribution in [2.45, 2.75) is 23.0 Å². The summed E-state index contributed by atoms with van der Waals surface area (Å²) >= 11 is 1.45. The summed E-state index contributed by atoms with van der Waals surface area (Å²) in [6, 6.07) is 7.73. The molecule has 5 aromatic rings. The van der Waals surface area contributed by atoms with E-state index in [0.29, 0.717) is 41.8 Å². The summed E-state index contributed by atoms with van der Waals surface area (Å²) in [6.07, 6.45) is 4.86. The molecule has 6 N–H and O–H groups in total. The van der Waals surface area contributed by atoms with Gasteiger partial charge in [0.1, 0.15) is 12.1 Å². The van der Waals surface area contributed by atoms with Gasteiger partial charge in [0.15, 0.2) is 22.1 Å². The number of hydrogen-bond acceptors (Lipinski definition) is 10. The van der Waals surface area contributed by atoms with Crippen LogP contribution in [0.1, 0.15) is 6.42 Å². The first kappa shape index (κ1) is 21.9. The minimum absolute atomic E-state index is 0.161. The van der Waals surface area contributed by atoms with Crippen LogP contribution in [0.5, 0.6) is 0 Å². The van der Waals surface area contributed by atoms with Crippen LogP contribution in [-0.2, 0) is 11.3 Å². The van der Waals surface area contributed by atoms with Gasteiger partial charge in [-0.25, -0.2) is 25.4 Å². The number of nitrogen functional groups attached to an aromatic ring is 1. The third-order valence-electron chi connectivity index (χ3n) is 5.20. The Morgan fingerprint density at radius 1 is 1.26 bits per heavy atom. The van der Waals surface area contributed by atoms with E-state index in [4.69, 9.17) is 20.3 Å². The molecule has 0 spiro atoms. The van der Waals surface area contributed by atoms with Crippen molar-refractivity contribution < 1.29 is 14.4 Å². The zero-order valence-electron chi connectivity index (χ0n) is 17.9. The summed E-state index contributed by atoms with van der Waals surface area (Å²) in [5, 5.41) is 12.5. The summed E-state index contributed by atoms with van der Waals surface area (Å²) in [5.41, 5.74) is 11.5. The third kappa shape index (κ3) is 4.31. The van der Waals surface area contributed by atoms with Crippen LogP contribution in [-0.4, -0.2) is 53.7 Å². The van der Waals surface area contributed by atoms with E-state index >= 15 is 0 Å². The van der Waals surface area contributed by atoms with Gasteiger partial charge in [0.2, 0.25) is 5.91 Å². The molecule has 1 amide bonds. The summed E-state index contributed by atoms with van der Waals surface area (Å²) in [5.74, 6) is 0.577. The zero-order valence-corrected chi connectivity index (χ0v) is 18.7. The van der Waals surface area contributed by atoms with Gasteiger partial charge in [-0.1, -0.05) is 11.8 Å². The van der Waals surface area contributed by atoms with Crippen LogP contribution in [0.3, 0.4) is 0 Å². The first-order valence-corrected chi connectivity index (χ1v) is 11.2. The van der Waals surface area contributed by atoms with Crippen LogP contribution in [0.2, 0.25) is 0 Å². The third-order valence-corrected chi connectivity index (χ3v) is 6.25. The highest BCUT2D eigenvalue weighted by atomic mass is 32.2. The highest BCUT2D eigenvalue weighted by Crippen LogP contribution is 2.39. The molecular weight excluding hydrogens is 458 g/mol. The highest BCUT2D eigenvalue weighted by Gasteiger charge is 2.19. The normalized spacial score (nSPS) is 11.4. The fourth-order valence-electron chi connectivity index (χ4n) is 3.56. The monoisotopic (exact) mass is 479 g/mol. The lowest BCUT2D eigenvalue weighted by molar-refractivity contribution is -0.129. The number of hydroxylamine groups is 1. The number of amides is 1. The van der Waals surface area contributed by atoms with E-state index in [0.717, 1.165) is 27.3 Å². The van der Waals surface area contributed by atoms with Gasteiger partial charge in [-0.2, -0.15) is 0 Å². The number of hydrogen-bond donors (Lipinski definition) is 5. The molecule has 12 nitrogen and oxygen atoms in total. The minimum Gasteiger partial charge on any atom is -0.464 e. The number of carbonyl (C=O) groups excluding carboxylic acids is 1. The second-order valence-corrected chi connectivity index (χ2v) is 8.37. The maximum absolute atomic E-state index is 11.2. The van der Waals surface area contributed by atoms with Crippen molar-refractivity contribution >= 4 is 45.7 Å². The molecule has 0 atom stereocenters. The molecule has 0 aliphatic heterocycles. The summed E-state index contributed by atoms with van der Waals surface area (Å²) in [6.45, 7) is 1.49. The molecule has 13 heteroatoms.